The van der Waals surface area contributed by atoms with E-state index in [0.29, 0.717) is 6.42 Å². The lowest BCUT2D eigenvalue weighted by atomic mass is 10.1. The van der Waals surface area contributed by atoms with Gasteiger partial charge in [0.25, 0.3) is 0 Å². The average molecular weight is 233 g/mol. The summed E-state index contributed by atoms with van der Waals surface area (Å²) in [4.78, 5) is 11.4. The van der Waals surface area contributed by atoms with E-state index in [1.165, 1.54) is 6.08 Å². The molecule has 0 heterocycles. The van der Waals surface area contributed by atoms with Crippen LogP contribution in [-0.4, -0.2) is 23.9 Å². The molecule has 2 N–H and O–H groups in total. The van der Waals surface area contributed by atoms with Crippen molar-refractivity contribution in [3.05, 3.63) is 48.0 Å². The third-order valence-corrected chi connectivity index (χ3v) is 2.81. The Morgan fingerprint density at radius 2 is 2.35 bits per heavy atom. The van der Waals surface area contributed by atoms with Gasteiger partial charge in [0, 0.05) is 6.42 Å². The molecule has 1 aliphatic carbocycles. The molecule has 1 aromatic rings. The molecule has 0 radical (unpaired) electrons. The van der Waals surface area contributed by atoms with Gasteiger partial charge >= 0.3 is 6.09 Å². The van der Waals surface area contributed by atoms with E-state index in [1.54, 1.807) is 0 Å². The van der Waals surface area contributed by atoms with Crippen molar-refractivity contribution in [2.75, 3.05) is 6.61 Å². The highest BCUT2D eigenvalue weighted by molar-refractivity contribution is 5.68. The molecular weight excluding hydrogens is 218 g/mol. The number of benzene rings is 1. The van der Waals surface area contributed by atoms with Gasteiger partial charge in [0.15, 0.2) is 0 Å². The molecule has 0 saturated heterocycles. The van der Waals surface area contributed by atoms with Crippen molar-refractivity contribution in [1.29, 1.82) is 0 Å². The zero-order valence-corrected chi connectivity index (χ0v) is 9.43. The standard InChI is InChI=1S/C13H15NO3/c1-2-7-17-13(16)14-12-10-6-4-3-5-9(10)8-11(12)15/h2-6,11-12,15H,1,7-8H2,(H,14,16)/t11-,12+/m0/s1. The highest BCUT2D eigenvalue weighted by atomic mass is 16.5. The van der Waals surface area contributed by atoms with Crippen LogP contribution < -0.4 is 5.32 Å². The van der Waals surface area contributed by atoms with Crippen molar-refractivity contribution < 1.29 is 14.6 Å². The molecule has 0 saturated carbocycles. The molecule has 0 spiro atoms. The second kappa shape index (κ2) is 5.01. The van der Waals surface area contributed by atoms with Gasteiger partial charge in [0.2, 0.25) is 0 Å². The fourth-order valence-corrected chi connectivity index (χ4v) is 2.05. The largest absolute Gasteiger partial charge is 0.445 e. The van der Waals surface area contributed by atoms with Gasteiger partial charge in [-0.3, -0.25) is 0 Å². The van der Waals surface area contributed by atoms with Crippen LogP contribution in [0.5, 0.6) is 0 Å². The summed E-state index contributed by atoms with van der Waals surface area (Å²) in [7, 11) is 0. The van der Waals surface area contributed by atoms with Crippen molar-refractivity contribution in [2.24, 2.45) is 0 Å². The number of hydrogen-bond acceptors (Lipinski definition) is 3. The lowest BCUT2D eigenvalue weighted by Crippen LogP contribution is -2.34. The maximum atomic E-state index is 11.4. The molecule has 0 unspecified atom stereocenters. The fourth-order valence-electron chi connectivity index (χ4n) is 2.05. The zero-order chi connectivity index (χ0) is 12.3. The average Bonchev–Trinajstić information content (AvgIpc) is 2.64. The molecule has 4 heteroatoms. The van der Waals surface area contributed by atoms with Crippen LogP contribution in [0.4, 0.5) is 4.79 Å². The third-order valence-electron chi connectivity index (χ3n) is 2.81. The summed E-state index contributed by atoms with van der Waals surface area (Å²) in [5.74, 6) is 0. The van der Waals surface area contributed by atoms with Crippen LogP contribution >= 0.6 is 0 Å². The molecule has 4 nitrogen and oxygen atoms in total. The summed E-state index contributed by atoms with van der Waals surface area (Å²) >= 11 is 0. The summed E-state index contributed by atoms with van der Waals surface area (Å²) in [6.45, 7) is 3.62. The maximum absolute atomic E-state index is 11.4. The van der Waals surface area contributed by atoms with Crippen LogP contribution in [-0.2, 0) is 11.2 Å². The van der Waals surface area contributed by atoms with Gasteiger partial charge in [-0.2, -0.15) is 0 Å². The predicted molar refractivity (Wildman–Crippen MR) is 63.6 cm³/mol. The Hall–Kier alpha value is -1.81. The van der Waals surface area contributed by atoms with E-state index in [-0.39, 0.29) is 12.6 Å². The summed E-state index contributed by atoms with van der Waals surface area (Å²) in [6, 6.07) is 7.28. The van der Waals surface area contributed by atoms with E-state index in [0.717, 1.165) is 11.1 Å². The predicted octanol–water partition coefficient (Wildman–Crippen LogP) is 1.56. The fraction of sp³-hybridized carbons (Fsp3) is 0.308. The number of carbonyl (C=O) groups is 1. The molecule has 1 amide bonds. The monoisotopic (exact) mass is 233 g/mol. The molecule has 2 atom stereocenters. The number of aliphatic hydroxyl groups excluding tert-OH is 1. The second-order valence-electron chi connectivity index (χ2n) is 3.98. The SMILES string of the molecule is C=CCOC(=O)N[C@@H]1c2ccccc2C[C@@H]1O. The van der Waals surface area contributed by atoms with Gasteiger partial charge in [0.1, 0.15) is 6.61 Å². The number of alkyl carbamates (subject to hydrolysis) is 1. The van der Waals surface area contributed by atoms with Crippen LogP contribution in [0.25, 0.3) is 0 Å². The molecule has 0 aliphatic heterocycles. The van der Waals surface area contributed by atoms with Crippen molar-refractivity contribution in [3.8, 4) is 0 Å². The first kappa shape index (κ1) is 11.7. The molecule has 2 rings (SSSR count). The number of hydrogen-bond donors (Lipinski definition) is 2. The molecule has 1 aromatic carbocycles. The topological polar surface area (TPSA) is 58.6 Å². The lowest BCUT2D eigenvalue weighted by molar-refractivity contribution is 0.118. The van der Waals surface area contributed by atoms with Crippen molar-refractivity contribution in [2.45, 2.75) is 18.6 Å². The molecule has 1 aliphatic rings. The number of aliphatic hydroxyl groups is 1. The lowest BCUT2D eigenvalue weighted by Gasteiger charge is -2.17. The molecule has 0 fully saturated rings. The van der Waals surface area contributed by atoms with Crippen molar-refractivity contribution in [1.82, 2.24) is 5.32 Å². The van der Waals surface area contributed by atoms with E-state index in [2.05, 4.69) is 11.9 Å². The first-order valence-corrected chi connectivity index (χ1v) is 5.52. The minimum Gasteiger partial charge on any atom is -0.445 e. The smallest absolute Gasteiger partial charge is 0.408 e. The molecular formula is C13H15NO3. The number of nitrogens with one attached hydrogen (secondary N) is 1. The minimum absolute atomic E-state index is 0.163. The Labute approximate surface area is 99.9 Å². The Bertz CT molecular complexity index is 430. The van der Waals surface area contributed by atoms with Gasteiger partial charge in [-0.25, -0.2) is 4.79 Å². The first-order valence-electron chi connectivity index (χ1n) is 5.52. The highest BCUT2D eigenvalue weighted by Crippen LogP contribution is 2.31. The number of carbonyl (C=O) groups excluding carboxylic acids is 1. The van der Waals surface area contributed by atoms with E-state index >= 15 is 0 Å². The summed E-state index contributed by atoms with van der Waals surface area (Å²) in [5.41, 5.74) is 2.02. The Kier molecular flexibility index (Phi) is 3.44. The normalized spacial score (nSPS) is 21.7. The van der Waals surface area contributed by atoms with Gasteiger partial charge in [-0.15, -0.1) is 0 Å². The number of rotatable bonds is 3. The van der Waals surface area contributed by atoms with Crippen molar-refractivity contribution in [3.63, 3.8) is 0 Å². The highest BCUT2D eigenvalue weighted by Gasteiger charge is 2.32. The Balaban J connectivity index is 2.06. The summed E-state index contributed by atoms with van der Waals surface area (Å²) in [6.07, 6.45) is 0.926. The van der Waals surface area contributed by atoms with E-state index in [9.17, 15) is 9.90 Å². The van der Waals surface area contributed by atoms with E-state index in [4.69, 9.17) is 4.74 Å². The molecule has 0 aromatic heterocycles. The van der Waals surface area contributed by atoms with Gasteiger partial charge in [-0.05, 0) is 11.1 Å². The first-order chi connectivity index (χ1) is 8.22. The van der Waals surface area contributed by atoms with E-state index in [1.807, 2.05) is 24.3 Å². The van der Waals surface area contributed by atoms with Crippen LogP contribution in [0, 0.1) is 0 Å². The van der Waals surface area contributed by atoms with Crippen LogP contribution in [0.15, 0.2) is 36.9 Å². The van der Waals surface area contributed by atoms with Crippen LogP contribution in [0.2, 0.25) is 0 Å². The second-order valence-corrected chi connectivity index (χ2v) is 3.98. The van der Waals surface area contributed by atoms with Gasteiger partial charge in [-0.1, -0.05) is 36.9 Å². The Morgan fingerprint density at radius 3 is 3.12 bits per heavy atom. The number of amides is 1. The molecule has 90 valence electrons. The van der Waals surface area contributed by atoms with Gasteiger partial charge in [0.05, 0.1) is 12.1 Å². The van der Waals surface area contributed by atoms with Crippen LogP contribution in [0.1, 0.15) is 17.2 Å². The minimum atomic E-state index is -0.594. The quantitative estimate of drug-likeness (QED) is 0.779. The number of ether oxygens (including phenoxy) is 1. The van der Waals surface area contributed by atoms with E-state index < -0.39 is 12.2 Å². The summed E-state index contributed by atoms with van der Waals surface area (Å²) < 4.78 is 4.84. The molecule has 17 heavy (non-hydrogen) atoms. The van der Waals surface area contributed by atoms with Crippen LogP contribution in [0.3, 0.4) is 0 Å². The summed E-state index contributed by atoms with van der Waals surface area (Å²) in [5, 5.41) is 12.6. The zero-order valence-electron chi connectivity index (χ0n) is 9.43. The third kappa shape index (κ3) is 2.47. The maximum Gasteiger partial charge on any atom is 0.408 e. The van der Waals surface area contributed by atoms with Crippen molar-refractivity contribution >= 4 is 6.09 Å². The molecule has 0 bridgehead atoms. The number of fused-ring (bicyclic) bond motifs is 1. The Morgan fingerprint density at radius 1 is 1.59 bits per heavy atom. The van der Waals surface area contributed by atoms with Gasteiger partial charge < -0.3 is 15.2 Å².